The van der Waals surface area contributed by atoms with Gasteiger partial charge in [-0.25, -0.2) is 18.1 Å². The zero-order valence-corrected chi connectivity index (χ0v) is 15.2. The van der Waals surface area contributed by atoms with Crippen molar-refractivity contribution in [2.75, 3.05) is 0 Å². The molecule has 0 aliphatic carbocycles. The molecule has 0 N–H and O–H groups in total. The summed E-state index contributed by atoms with van der Waals surface area (Å²) < 4.78 is 29.8. The van der Waals surface area contributed by atoms with Crippen LogP contribution in [-0.2, 0) is 6.54 Å². The van der Waals surface area contributed by atoms with Gasteiger partial charge < -0.3 is 0 Å². The zero-order valence-electron chi connectivity index (χ0n) is 13.7. The molecular weight excluding hydrogens is 394 g/mol. The first-order valence-corrected chi connectivity index (χ1v) is 9.14. The molecule has 4 rings (SSSR count). The zero-order chi connectivity index (χ0) is 19.1. The average molecular weight is 405 g/mol. The van der Waals surface area contributed by atoms with Crippen LogP contribution < -0.4 is 11.2 Å². The first-order chi connectivity index (χ1) is 12.9. The van der Waals surface area contributed by atoms with Gasteiger partial charge in [-0.3, -0.25) is 9.36 Å². The standard InChI is InChI=1S/C19H11ClF2N2O2S/c20-12-1-3-15(4-2-12)24-18(25)17-16(5-6-27-17)23(19(24)26)10-11-7-13(21)9-14(22)8-11/h1-9H,10H2. The van der Waals surface area contributed by atoms with Crippen molar-refractivity contribution in [3.63, 3.8) is 0 Å². The fourth-order valence-electron chi connectivity index (χ4n) is 2.94. The first-order valence-electron chi connectivity index (χ1n) is 7.88. The lowest BCUT2D eigenvalue weighted by Crippen LogP contribution is -2.38. The minimum Gasteiger partial charge on any atom is -0.288 e. The molecule has 2 aromatic carbocycles. The highest BCUT2D eigenvalue weighted by atomic mass is 35.5. The van der Waals surface area contributed by atoms with Gasteiger partial charge in [-0.15, -0.1) is 11.3 Å². The lowest BCUT2D eigenvalue weighted by Gasteiger charge is -2.12. The van der Waals surface area contributed by atoms with Crippen LogP contribution in [0.4, 0.5) is 8.78 Å². The molecule has 0 amide bonds. The Labute approximate surface area is 160 Å². The molecule has 0 saturated carbocycles. The van der Waals surface area contributed by atoms with Crippen molar-refractivity contribution in [1.29, 1.82) is 0 Å². The molecule has 0 aliphatic heterocycles. The van der Waals surface area contributed by atoms with Gasteiger partial charge in [0, 0.05) is 11.1 Å². The van der Waals surface area contributed by atoms with E-state index < -0.39 is 22.9 Å². The van der Waals surface area contributed by atoms with Gasteiger partial charge in [0.1, 0.15) is 16.3 Å². The van der Waals surface area contributed by atoms with Gasteiger partial charge >= 0.3 is 5.69 Å². The Morgan fingerprint density at radius 2 is 1.63 bits per heavy atom. The molecule has 27 heavy (non-hydrogen) atoms. The van der Waals surface area contributed by atoms with Crippen molar-refractivity contribution in [1.82, 2.24) is 9.13 Å². The van der Waals surface area contributed by atoms with Crippen LogP contribution in [0, 0.1) is 11.6 Å². The van der Waals surface area contributed by atoms with Gasteiger partial charge in [0.2, 0.25) is 0 Å². The van der Waals surface area contributed by atoms with Crippen molar-refractivity contribution in [3.8, 4) is 5.69 Å². The Balaban J connectivity index is 1.97. The molecule has 4 aromatic rings. The fourth-order valence-corrected chi connectivity index (χ4v) is 3.89. The van der Waals surface area contributed by atoms with E-state index in [-0.39, 0.29) is 12.1 Å². The van der Waals surface area contributed by atoms with Gasteiger partial charge in [0.05, 0.1) is 17.7 Å². The lowest BCUT2D eigenvalue weighted by molar-refractivity contribution is 0.576. The van der Waals surface area contributed by atoms with E-state index in [2.05, 4.69) is 0 Å². The topological polar surface area (TPSA) is 44.0 Å². The summed E-state index contributed by atoms with van der Waals surface area (Å²) in [4.78, 5) is 25.9. The molecule has 4 nitrogen and oxygen atoms in total. The number of halogens is 3. The Morgan fingerprint density at radius 3 is 2.30 bits per heavy atom. The number of hydrogen-bond donors (Lipinski definition) is 0. The van der Waals surface area contributed by atoms with E-state index in [9.17, 15) is 18.4 Å². The second kappa shape index (κ2) is 6.75. The maximum atomic E-state index is 13.5. The van der Waals surface area contributed by atoms with Gasteiger partial charge in [0.15, 0.2) is 0 Å². The number of hydrogen-bond acceptors (Lipinski definition) is 3. The van der Waals surface area contributed by atoms with E-state index in [1.807, 2.05) is 0 Å². The van der Waals surface area contributed by atoms with Gasteiger partial charge in [-0.2, -0.15) is 0 Å². The number of thiophene rings is 1. The number of aromatic nitrogens is 2. The molecule has 0 unspecified atom stereocenters. The summed E-state index contributed by atoms with van der Waals surface area (Å²) >= 11 is 7.08. The predicted octanol–water partition coefficient (Wildman–Crippen LogP) is 4.19. The van der Waals surface area contributed by atoms with E-state index in [1.165, 1.54) is 15.9 Å². The van der Waals surface area contributed by atoms with Crippen LogP contribution in [0.2, 0.25) is 5.02 Å². The quantitative estimate of drug-likeness (QED) is 0.514. The average Bonchev–Trinajstić information content (AvgIpc) is 3.09. The van der Waals surface area contributed by atoms with E-state index in [1.54, 1.807) is 35.7 Å². The van der Waals surface area contributed by atoms with E-state index >= 15 is 0 Å². The maximum Gasteiger partial charge on any atom is 0.336 e. The third-order valence-corrected chi connectivity index (χ3v) is 5.25. The van der Waals surface area contributed by atoms with Crippen molar-refractivity contribution in [2.45, 2.75) is 6.54 Å². The van der Waals surface area contributed by atoms with Crippen LogP contribution in [0.5, 0.6) is 0 Å². The highest BCUT2D eigenvalue weighted by Crippen LogP contribution is 2.19. The number of nitrogens with zero attached hydrogens (tertiary/aromatic N) is 2. The fraction of sp³-hybridized carbons (Fsp3) is 0.0526. The molecule has 136 valence electrons. The Bertz CT molecular complexity index is 1260. The molecule has 0 radical (unpaired) electrons. The summed E-state index contributed by atoms with van der Waals surface area (Å²) in [7, 11) is 0. The molecule has 0 bridgehead atoms. The summed E-state index contributed by atoms with van der Waals surface area (Å²) in [6, 6.07) is 11.0. The molecule has 0 saturated heterocycles. The Kier molecular flexibility index (Phi) is 4.41. The minimum absolute atomic E-state index is 0.0748. The summed E-state index contributed by atoms with van der Waals surface area (Å²) in [6.45, 7) is -0.0748. The Morgan fingerprint density at radius 1 is 0.963 bits per heavy atom. The second-order valence-corrected chi connectivity index (χ2v) is 7.25. The molecule has 2 aromatic heterocycles. The summed E-state index contributed by atoms with van der Waals surface area (Å²) in [5.74, 6) is -1.46. The smallest absolute Gasteiger partial charge is 0.288 e. The van der Waals surface area contributed by atoms with Crippen LogP contribution in [0.3, 0.4) is 0 Å². The van der Waals surface area contributed by atoms with E-state index in [0.717, 1.165) is 22.8 Å². The van der Waals surface area contributed by atoms with E-state index in [0.29, 0.717) is 20.9 Å². The van der Waals surface area contributed by atoms with Gasteiger partial charge in [-0.1, -0.05) is 11.6 Å². The summed E-state index contributed by atoms with van der Waals surface area (Å²) in [5.41, 5.74) is 0.0176. The monoisotopic (exact) mass is 404 g/mol. The highest BCUT2D eigenvalue weighted by molar-refractivity contribution is 7.17. The maximum absolute atomic E-state index is 13.5. The largest absolute Gasteiger partial charge is 0.336 e. The molecular formula is C19H11ClF2N2O2S. The van der Waals surface area contributed by atoms with Crippen molar-refractivity contribution in [3.05, 3.63) is 97.0 Å². The summed E-state index contributed by atoms with van der Waals surface area (Å²) in [5, 5.41) is 2.17. The number of benzene rings is 2. The van der Waals surface area contributed by atoms with Crippen LogP contribution in [0.25, 0.3) is 15.9 Å². The van der Waals surface area contributed by atoms with Crippen molar-refractivity contribution < 1.29 is 8.78 Å². The van der Waals surface area contributed by atoms with Crippen LogP contribution in [0.15, 0.2) is 63.5 Å². The highest BCUT2D eigenvalue weighted by Gasteiger charge is 2.16. The van der Waals surface area contributed by atoms with Crippen LogP contribution in [-0.4, -0.2) is 9.13 Å². The molecule has 8 heteroatoms. The van der Waals surface area contributed by atoms with Crippen LogP contribution in [0.1, 0.15) is 5.56 Å². The summed E-state index contributed by atoms with van der Waals surface area (Å²) in [6.07, 6.45) is 0. The third kappa shape index (κ3) is 3.20. The van der Waals surface area contributed by atoms with Gasteiger partial charge in [-0.05, 0) is 53.4 Å². The van der Waals surface area contributed by atoms with Crippen molar-refractivity contribution in [2.24, 2.45) is 0 Å². The van der Waals surface area contributed by atoms with Gasteiger partial charge in [0.25, 0.3) is 5.56 Å². The Hall–Kier alpha value is -2.77. The molecule has 0 fully saturated rings. The lowest BCUT2D eigenvalue weighted by atomic mass is 10.2. The van der Waals surface area contributed by atoms with E-state index in [4.69, 9.17) is 11.6 Å². The first kappa shape index (κ1) is 17.6. The minimum atomic E-state index is -0.731. The normalized spacial score (nSPS) is 11.2. The molecule has 0 spiro atoms. The molecule has 0 atom stereocenters. The third-order valence-electron chi connectivity index (χ3n) is 4.10. The molecule has 2 heterocycles. The SMILES string of the molecule is O=c1c2sccc2n(Cc2cc(F)cc(F)c2)c(=O)n1-c1ccc(Cl)cc1. The van der Waals surface area contributed by atoms with Crippen molar-refractivity contribution >= 4 is 33.2 Å². The number of fused-ring (bicyclic) bond motifs is 1. The second-order valence-electron chi connectivity index (χ2n) is 5.90. The predicted molar refractivity (Wildman–Crippen MR) is 102 cm³/mol. The number of rotatable bonds is 3. The van der Waals surface area contributed by atoms with Crippen LogP contribution >= 0.6 is 22.9 Å². The molecule has 0 aliphatic rings.